The molecular weight excluding hydrogens is 454 g/mol. The van der Waals surface area contributed by atoms with Gasteiger partial charge in [-0.3, -0.25) is 4.79 Å². The molecule has 1 saturated heterocycles. The topological polar surface area (TPSA) is 124 Å². The second-order valence-corrected chi connectivity index (χ2v) is 10.1. The lowest BCUT2D eigenvalue weighted by atomic mass is 10.0. The van der Waals surface area contributed by atoms with Crippen molar-refractivity contribution in [2.45, 2.75) is 39.2 Å². The summed E-state index contributed by atoms with van der Waals surface area (Å²) in [6.07, 6.45) is 3.37. The number of rotatable bonds is 4. The third kappa shape index (κ3) is 3.99. The molecular formula is C24H28ClN7O2. The van der Waals surface area contributed by atoms with E-state index >= 15 is 0 Å². The summed E-state index contributed by atoms with van der Waals surface area (Å²) in [5.74, 6) is 0.672. The summed E-state index contributed by atoms with van der Waals surface area (Å²) < 4.78 is 7.22. The molecule has 9 nitrogen and oxygen atoms in total. The fourth-order valence-corrected chi connectivity index (χ4v) is 4.68. The first kappa shape index (κ1) is 22.6. The highest BCUT2D eigenvalue weighted by atomic mass is 35.5. The number of fused-ring (bicyclic) bond motifs is 2. The van der Waals surface area contributed by atoms with Gasteiger partial charge >= 0.3 is 0 Å². The maximum atomic E-state index is 12.8. The highest BCUT2D eigenvalue weighted by Crippen LogP contribution is 2.39. The zero-order valence-electron chi connectivity index (χ0n) is 19.5. The first-order valence-corrected chi connectivity index (χ1v) is 11.8. The van der Waals surface area contributed by atoms with Gasteiger partial charge in [0.05, 0.1) is 21.6 Å². The van der Waals surface area contributed by atoms with Crippen molar-refractivity contribution in [2.75, 3.05) is 25.5 Å². The Balaban J connectivity index is 1.52. The number of nitrogens with one attached hydrogen (secondary N) is 2. The summed E-state index contributed by atoms with van der Waals surface area (Å²) in [6, 6.07) is 5.45. The molecule has 34 heavy (non-hydrogen) atoms. The molecule has 5 rings (SSSR count). The number of anilines is 1. The Kier molecular flexibility index (Phi) is 5.69. The largest absolute Gasteiger partial charge is 0.383 e. The number of hydrogen-bond acceptors (Lipinski definition) is 6. The highest BCUT2D eigenvalue weighted by Gasteiger charge is 2.26. The van der Waals surface area contributed by atoms with Gasteiger partial charge in [0.1, 0.15) is 17.8 Å². The van der Waals surface area contributed by atoms with E-state index in [9.17, 15) is 4.79 Å². The molecule has 0 spiro atoms. The molecule has 4 N–H and O–H groups in total. The van der Waals surface area contributed by atoms with Gasteiger partial charge in [0.15, 0.2) is 5.65 Å². The van der Waals surface area contributed by atoms with Gasteiger partial charge in [-0.05, 0) is 51.7 Å². The van der Waals surface area contributed by atoms with Crippen LogP contribution in [0.15, 0.2) is 24.5 Å². The number of benzene rings is 1. The predicted octanol–water partition coefficient (Wildman–Crippen LogP) is 4.12. The second-order valence-electron chi connectivity index (χ2n) is 9.73. The van der Waals surface area contributed by atoms with Crippen molar-refractivity contribution in [1.29, 1.82) is 0 Å². The fourth-order valence-electron chi connectivity index (χ4n) is 4.37. The lowest BCUT2D eigenvalue weighted by molar-refractivity contribution is 0.0642. The molecule has 1 fully saturated rings. The summed E-state index contributed by atoms with van der Waals surface area (Å²) in [7, 11) is 0. The van der Waals surface area contributed by atoms with Gasteiger partial charge in [-0.15, -0.1) is 0 Å². The molecule has 1 aromatic carbocycles. The molecule has 4 aromatic rings. The maximum absolute atomic E-state index is 12.8. The van der Waals surface area contributed by atoms with Crippen molar-refractivity contribution in [3.05, 3.63) is 35.1 Å². The van der Waals surface area contributed by atoms with Crippen LogP contribution < -0.4 is 11.1 Å². The summed E-state index contributed by atoms with van der Waals surface area (Å²) in [6.45, 7) is 8.28. The molecule has 0 bridgehead atoms. The molecule has 178 valence electrons. The molecule has 4 heterocycles. The van der Waals surface area contributed by atoms with Gasteiger partial charge < -0.3 is 20.8 Å². The van der Waals surface area contributed by atoms with Crippen LogP contribution in [0.1, 0.15) is 44.0 Å². The predicted molar refractivity (Wildman–Crippen MR) is 133 cm³/mol. The monoisotopic (exact) mass is 481 g/mol. The zero-order valence-corrected chi connectivity index (χ0v) is 20.2. The van der Waals surface area contributed by atoms with Gasteiger partial charge in [0.25, 0.3) is 5.91 Å². The lowest BCUT2D eigenvalue weighted by Crippen LogP contribution is -2.32. The van der Waals surface area contributed by atoms with Crippen molar-refractivity contribution < 1.29 is 9.53 Å². The standard InChI is InChI=1S/C24H28ClN7O2/c1-24(2,3)32-22-17(21(26)28-12-29-22)19(31-32)20-18(25)15-5-4-14(10-16(15)30-20)23(33)27-11-13-6-8-34-9-7-13/h4-5,10,12-13,30H,6-9,11H2,1-3H3,(H,27,33)(H2,26,28,29). The summed E-state index contributed by atoms with van der Waals surface area (Å²) >= 11 is 6.79. The number of aromatic amines is 1. The van der Waals surface area contributed by atoms with Crippen LogP contribution in [0.4, 0.5) is 5.82 Å². The molecule has 0 unspecified atom stereocenters. The van der Waals surface area contributed by atoms with Gasteiger partial charge in [-0.25, -0.2) is 14.6 Å². The van der Waals surface area contributed by atoms with Crippen molar-refractivity contribution >= 4 is 45.3 Å². The van der Waals surface area contributed by atoms with Gasteiger partial charge in [-0.1, -0.05) is 17.7 Å². The van der Waals surface area contributed by atoms with E-state index in [1.54, 1.807) is 6.07 Å². The smallest absolute Gasteiger partial charge is 0.251 e. The summed E-state index contributed by atoms with van der Waals surface area (Å²) in [5, 5.41) is 9.81. The average molecular weight is 482 g/mol. The Morgan fingerprint density at radius 2 is 2.06 bits per heavy atom. The first-order chi connectivity index (χ1) is 16.2. The van der Waals surface area contributed by atoms with Crippen LogP contribution in [-0.4, -0.2) is 50.4 Å². The third-order valence-electron chi connectivity index (χ3n) is 6.26. The van der Waals surface area contributed by atoms with E-state index < -0.39 is 0 Å². The number of nitrogen functional groups attached to an aromatic ring is 1. The number of carbonyl (C=O) groups excluding carboxylic acids is 1. The van der Waals surface area contributed by atoms with E-state index in [1.807, 2.05) is 37.6 Å². The highest BCUT2D eigenvalue weighted by molar-refractivity contribution is 6.38. The van der Waals surface area contributed by atoms with Crippen molar-refractivity contribution in [2.24, 2.45) is 5.92 Å². The van der Waals surface area contributed by atoms with Crippen LogP contribution in [0.3, 0.4) is 0 Å². The Morgan fingerprint density at radius 1 is 1.29 bits per heavy atom. The molecule has 10 heteroatoms. The number of nitrogens with two attached hydrogens (primary N) is 1. The van der Waals surface area contributed by atoms with Gasteiger partial charge in [-0.2, -0.15) is 5.10 Å². The minimum absolute atomic E-state index is 0.110. The van der Waals surface area contributed by atoms with Crippen molar-refractivity contribution in [3.63, 3.8) is 0 Å². The Morgan fingerprint density at radius 3 is 2.79 bits per heavy atom. The van der Waals surface area contributed by atoms with Gasteiger partial charge in [0, 0.05) is 36.2 Å². The van der Waals surface area contributed by atoms with E-state index in [4.69, 9.17) is 27.2 Å². The van der Waals surface area contributed by atoms with E-state index in [0.29, 0.717) is 51.3 Å². The maximum Gasteiger partial charge on any atom is 0.251 e. The number of aromatic nitrogens is 5. The Labute approximate surface area is 202 Å². The van der Waals surface area contributed by atoms with Gasteiger partial charge in [0.2, 0.25) is 0 Å². The van der Waals surface area contributed by atoms with Crippen LogP contribution in [-0.2, 0) is 10.3 Å². The third-order valence-corrected chi connectivity index (χ3v) is 6.65. The van der Waals surface area contributed by atoms with Crippen LogP contribution in [0.2, 0.25) is 5.02 Å². The van der Waals surface area contributed by atoms with E-state index in [2.05, 4.69) is 20.3 Å². The first-order valence-electron chi connectivity index (χ1n) is 11.4. The van der Waals surface area contributed by atoms with E-state index in [0.717, 1.165) is 37.0 Å². The van der Waals surface area contributed by atoms with E-state index in [-0.39, 0.29) is 11.4 Å². The molecule has 3 aromatic heterocycles. The number of halogens is 1. The Bertz CT molecular complexity index is 1380. The van der Waals surface area contributed by atoms with Crippen molar-refractivity contribution in [3.8, 4) is 11.4 Å². The molecule has 1 aliphatic rings. The number of H-pyrrole nitrogens is 1. The van der Waals surface area contributed by atoms with Crippen LogP contribution in [0, 0.1) is 5.92 Å². The normalized spacial score (nSPS) is 15.3. The quantitative estimate of drug-likeness (QED) is 0.402. The second kappa shape index (κ2) is 8.56. The zero-order chi connectivity index (χ0) is 24.0. The number of nitrogens with zero attached hydrogens (tertiary/aromatic N) is 4. The molecule has 0 saturated carbocycles. The molecule has 0 aliphatic carbocycles. The molecule has 0 atom stereocenters. The SMILES string of the molecule is CC(C)(C)n1nc(-c2[nH]c3cc(C(=O)NCC4CCOCC4)ccc3c2Cl)c2c(N)ncnc21. The number of ether oxygens (including phenoxy) is 1. The number of hydrogen-bond donors (Lipinski definition) is 3. The minimum atomic E-state index is -0.328. The minimum Gasteiger partial charge on any atom is -0.383 e. The summed E-state index contributed by atoms with van der Waals surface area (Å²) in [4.78, 5) is 24.7. The molecule has 1 amide bonds. The average Bonchev–Trinajstić information content (AvgIpc) is 3.37. The van der Waals surface area contributed by atoms with Crippen molar-refractivity contribution in [1.82, 2.24) is 30.0 Å². The number of amides is 1. The molecule has 0 radical (unpaired) electrons. The molecule has 1 aliphatic heterocycles. The summed E-state index contributed by atoms with van der Waals surface area (Å²) in [5.41, 5.74) is 9.05. The number of carbonyl (C=O) groups is 1. The van der Waals surface area contributed by atoms with Crippen LogP contribution in [0.25, 0.3) is 33.3 Å². The van der Waals surface area contributed by atoms with E-state index in [1.165, 1.54) is 6.33 Å². The van der Waals surface area contributed by atoms with Crippen LogP contribution >= 0.6 is 11.6 Å². The van der Waals surface area contributed by atoms with Crippen LogP contribution in [0.5, 0.6) is 0 Å². The lowest BCUT2D eigenvalue weighted by Gasteiger charge is -2.22. The Hall–Kier alpha value is -3.17. The fraction of sp³-hybridized carbons (Fsp3) is 0.417.